The first-order valence-electron chi connectivity index (χ1n) is 6.47. The topological polar surface area (TPSA) is 55.6 Å². The highest BCUT2D eigenvalue weighted by Gasteiger charge is 2.17. The SMILES string of the molecule is NC(=S)c1ccc(OCCN2CCCCC2=O)cc1. The summed E-state index contributed by atoms with van der Waals surface area (Å²) in [4.78, 5) is 13.8. The zero-order valence-electron chi connectivity index (χ0n) is 10.8. The molecule has 1 aliphatic heterocycles. The highest BCUT2D eigenvalue weighted by molar-refractivity contribution is 7.80. The van der Waals surface area contributed by atoms with E-state index in [1.807, 2.05) is 29.2 Å². The lowest BCUT2D eigenvalue weighted by Crippen LogP contribution is -2.38. The van der Waals surface area contributed by atoms with Crippen LogP contribution in [0.1, 0.15) is 24.8 Å². The largest absolute Gasteiger partial charge is 0.492 e. The van der Waals surface area contributed by atoms with E-state index in [-0.39, 0.29) is 5.91 Å². The van der Waals surface area contributed by atoms with Crippen molar-refractivity contribution in [2.75, 3.05) is 19.7 Å². The third-order valence-electron chi connectivity index (χ3n) is 3.19. The van der Waals surface area contributed by atoms with Gasteiger partial charge in [0.2, 0.25) is 5.91 Å². The summed E-state index contributed by atoms with van der Waals surface area (Å²) < 4.78 is 5.61. The van der Waals surface area contributed by atoms with Crippen molar-refractivity contribution < 1.29 is 9.53 Å². The molecule has 1 aromatic carbocycles. The summed E-state index contributed by atoms with van der Waals surface area (Å²) in [5, 5.41) is 0. The second-order valence-electron chi connectivity index (χ2n) is 4.57. The van der Waals surface area contributed by atoms with Gasteiger partial charge in [0.25, 0.3) is 0 Å². The molecule has 0 aliphatic carbocycles. The predicted octanol–water partition coefficient (Wildman–Crippen LogP) is 1.71. The Morgan fingerprint density at radius 1 is 1.32 bits per heavy atom. The minimum absolute atomic E-state index is 0.235. The number of carbonyl (C=O) groups is 1. The molecule has 1 fully saturated rings. The number of nitrogens with two attached hydrogens (primary N) is 1. The fourth-order valence-electron chi connectivity index (χ4n) is 2.09. The van der Waals surface area contributed by atoms with Gasteiger partial charge in [-0.25, -0.2) is 0 Å². The van der Waals surface area contributed by atoms with Crippen molar-refractivity contribution in [3.8, 4) is 5.75 Å². The lowest BCUT2D eigenvalue weighted by atomic mass is 10.1. The second-order valence-corrected chi connectivity index (χ2v) is 5.01. The number of benzene rings is 1. The molecule has 1 saturated heterocycles. The van der Waals surface area contributed by atoms with Crippen molar-refractivity contribution in [2.45, 2.75) is 19.3 Å². The number of carbonyl (C=O) groups excluding carboxylic acids is 1. The van der Waals surface area contributed by atoms with Crippen LogP contribution in [-0.4, -0.2) is 35.5 Å². The fraction of sp³-hybridized carbons (Fsp3) is 0.429. The summed E-state index contributed by atoms with van der Waals surface area (Å²) in [6.45, 7) is 2.01. The van der Waals surface area contributed by atoms with Gasteiger partial charge in [0.05, 0.1) is 6.54 Å². The standard InChI is InChI=1S/C14H18N2O2S/c15-14(19)11-4-6-12(7-5-11)18-10-9-16-8-2-1-3-13(16)17/h4-7H,1-3,8-10H2,(H2,15,19). The molecule has 2 rings (SSSR count). The van der Waals surface area contributed by atoms with E-state index >= 15 is 0 Å². The molecule has 0 atom stereocenters. The lowest BCUT2D eigenvalue weighted by molar-refractivity contribution is -0.133. The Kier molecular flexibility index (Phi) is 4.74. The number of rotatable bonds is 5. The molecule has 1 heterocycles. The summed E-state index contributed by atoms with van der Waals surface area (Å²) in [6.07, 6.45) is 2.77. The van der Waals surface area contributed by atoms with E-state index in [1.165, 1.54) is 0 Å². The van der Waals surface area contributed by atoms with Crippen LogP contribution in [0, 0.1) is 0 Å². The van der Waals surface area contributed by atoms with Crippen molar-refractivity contribution in [1.82, 2.24) is 4.90 Å². The van der Waals surface area contributed by atoms with Crippen LogP contribution in [0.2, 0.25) is 0 Å². The van der Waals surface area contributed by atoms with Crippen LogP contribution >= 0.6 is 12.2 Å². The number of ether oxygens (including phenoxy) is 1. The van der Waals surface area contributed by atoms with Crippen molar-refractivity contribution in [1.29, 1.82) is 0 Å². The molecular formula is C14H18N2O2S. The van der Waals surface area contributed by atoms with Gasteiger partial charge in [0.15, 0.2) is 0 Å². The second kappa shape index (κ2) is 6.52. The zero-order chi connectivity index (χ0) is 13.7. The van der Waals surface area contributed by atoms with Gasteiger partial charge >= 0.3 is 0 Å². The molecule has 5 heteroatoms. The Labute approximate surface area is 118 Å². The molecule has 0 unspecified atom stereocenters. The molecule has 4 nitrogen and oxygen atoms in total. The summed E-state index contributed by atoms with van der Waals surface area (Å²) in [6, 6.07) is 7.35. The first-order chi connectivity index (χ1) is 9.16. The number of piperidine rings is 1. The number of hydrogen-bond donors (Lipinski definition) is 1. The molecule has 0 aromatic heterocycles. The van der Waals surface area contributed by atoms with Crippen LogP contribution in [0.3, 0.4) is 0 Å². The average Bonchev–Trinajstić information content (AvgIpc) is 2.41. The maximum absolute atomic E-state index is 11.6. The normalized spacial score (nSPS) is 15.4. The van der Waals surface area contributed by atoms with Gasteiger partial charge in [-0.15, -0.1) is 0 Å². The first-order valence-corrected chi connectivity index (χ1v) is 6.88. The monoisotopic (exact) mass is 278 g/mol. The van der Waals surface area contributed by atoms with Crippen LogP contribution in [0.4, 0.5) is 0 Å². The quantitative estimate of drug-likeness (QED) is 0.833. The smallest absolute Gasteiger partial charge is 0.222 e. The number of hydrogen-bond acceptors (Lipinski definition) is 3. The summed E-state index contributed by atoms with van der Waals surface area (Å²) >= 11 is 4.88. The zero-order valence-corrected chi connectivity index (χ0v) is 11.6. The molecule has 1 aliphatic rings. The van der Waals surface area contributed by atoms with Gasteiger partial charge in [-0.1, -0.05) is 12.2 Å². The van der Waals surface area contributed by atoms with Gasteiger partial charge in [-0.05, 0) is 37.1 Å². The molecule has 102 valence electrons. The maximum atomic E-state index is 11.6. The summed E-state index contributed by atoms with van der Waals surface area (Å²) in [7, 11) is 0. The third kappa shape index (κ3) is 3.92. The Hall–Kier alpha value is -1.62. The molecule has 2 N–H and O–H groups in total. The lowest BCUT2D eigenvalue weighted by Gasteiger charge is -2.26. The van der Waals surface area contributed by atoms with Gasteiger partial charge in [0, 0.05) is 18.5 Å². The van der Waals surface area contributed by atoms with Gasteiger partial charge in [-0.3, -0.25) is 4.79 Å². The van der Waals surface area contributed by atoms with Crippen LogP contribution in [-0.2, 0) is 4.79 Å². The number of amides is 1. The van der Waals surface area contributed by atoms with E-state index in [0.29, 0.717) is 24.6 Å². The number of likely N-dealkylation sites (tertiary alicyclic amines) is 1. The number of thiocarbonyl (C=S) groups is 1. The van der Waals surface area contributed by atoms with E-state index in [1.54, 1.807) is 0 Å². The molecule has 0 radical (unpaired) electrons. The first kappa shape index (κ1) is 13.8. The highest BCUT2D eigenvalue weighted by atomic mass is 32.1. The molecule has 0 bridgehead atoms. The van der Waals surface area contributed by atoms with Crippen molar-refractivity contribution >= 4 is 23.1 Å². The third-order valence-corrected chi connectivity index (χ3v) is 3.43. The molecule has 1 amide bonds. The highest BCUT2D eigenvalue weighted by Crippen LogP contribution is 2.13. The van der Waals surface area contributed by atoms with E-state index in [4.69, 9.17) is 22.7 Å². The molecule has 0 saturated carbocycles. The molecular weight excluding hydrogens is 260 g/mol. The fourth-order valence-corrected chi connectivity index (χ4v) is 2.22. The van der Waals surface area contributed by atoms with Crippen LogP contribution < -0.4 is 10.5 Å². The predicted molar refractivity (Wildman–Crippen MR) is 78.3 cm³/mol. The van der Waals surface area contributed by atoms with Gasteiger partial charge in [0.1, 0.15) is 17.3 Å². The Morgan fingerprint density at radius 2 is 2.05 bits per heavy atom. The molecule has 1 aromatic rings. The molecule has 19 heavy (non-hydrogen) atoms. The van der Waals surface area contributed by atoms with Crippen LogP contribution in [0.25, 0.3) is 0 Å². The van der Waals surface area contributed by atoms with Gasteiger partial charge < -0.3 is 15.4 Å². The maximum Gasteiger partial charge on any atom is 0.222 e. The van der Waals surface area contributed by atoms with E-state index in [2.05, 4.69) is 0 Å². The van der Waals surface area contributed by atoms with Crippen LogP contribution in [0.5, 0.6) is 5.75 Å². The Balaban J connectivity index is 1.79. The Bertz CT molecular complexity index is 459. The van der Waals surface area contributed by atoms with E-state index in [0.717, 1.165) is 30.7 Å². The number of nitrogens with zero attached hydrogens (tertiary/aromatic N) is 1. The van der Waals surface area contributed by atoms with Crippen molar-refractivity contribution in [3.63, 3.8) is 0 Å². The minimum Gasteiger partial charge on any atom is -0.492 e. The Morgan fingerprint density at radius 3 is 2.68 bits per heavy atom. The van der Waals surface area contributed by atoms with E-state index in [9.17, 15) is 4.79 Å². The molecule has 0 spiro atoms. The van der Waals surface area contributed by atoms with E-state index < -0.39 is 0 Å². The van der Waals surface area contributed by atoms with Gasteiger partial charge in [-0.2, -0.15) is 0 Å². The summed E-state index contributed by atoms with van der Waals surface area (Å²) in [5.41, 5.74) is 6.35. The van der Waals surface area contributed by atoms with Crippen LogP contribution in [0.15, 0.2) is 24.3 Å². The van der Waals surface area contributed by atoms with Crippen molar-refractivity contribution in [2.24, 2.45) is 5.73 Å². The average molecular weight is 278 g/mol. The minimum atomic E-state index is 0.235. The summed E-state index contributed by atoms with van der Waals surface area (Å²) in [5.74, 6) is 1.00. The van der Waals surface area contributed by atoms with Crippen molar-refractivity contribution in [3.05, 3.63) is 29.8 Å².